The highest BCUT2D eigenvalue weighted by molar-refractivity contribution is 9.10. The predicted molar refractivity (Wildman–Crippen MR) is 63.6 cm³/mol. The molecule has 0 atom stereocenters. The summed E-state index contributed by atoms with van der Waals surface area (Å²) in [4.78, 5) is 0. The van der Waals surface area contributed by atoms with Crippen LogP contribution in [-0.2, 0) is 0 Å². The van der Waals surface area contributed by atoms with E-state index in [2.05, 4.69) is 29.8 Å². The van der Waals surface area contributed by atoms with E-state index in [1.807, 2.05) is 18.2 Å². The van der Waals surface area contributed by atoms with E-state index >= 15 is 0 Å². The van der Waals surface area contributed by atoms with Gasteiger partial charge in [0, 0.05) is 11.8 Å². The number of nitrogens with two attached hydrogens (primary N) is 1. The molecule has 0 aliphatic carbocycles. The number of anilines is 1. The van der Waals surface area contributed by atoms with Crippen molar-refractivity contribution in [1.29, 1.82) is 0 Å². The third-order valence-corrected chi connectivity index (χ3v) is 2.81. The molecule has 3 heteroatoms. The fourth-order valence-electron chi connectivity index (χ4n) is 1.25. The van der Waals surface area contributed by atoms with Gasteiger partial charge in [0.05, 0.1) is 10.6 Å². The van der Waals surface area contributed by atoms with E-state index in [9.17, 15) is 0 Å². The van der Waals surface area contributed by atoms with Gasteiger partial charge in [-0.15, -0.1) is 0 Å². The maximum Gasteiger partial charge on any atom is 0.135 e. The molecule has 78 valence electrons. The molecule has 0 unspecified atom stereocenters. The Morgan fingerprint density at radius 3 is 2.57 bits per heavy atom. The molecule has 0 fully saturated rings. The molecule has 0 heterocycles. The van der Waals surface area contributed by atoms with E-state index in [0.29, 0.717) is 0 Å². The van der Waals surface area contributed by atoms with Gasteiger partial charge in [0.2, 0.25) is 0 Å². The van der Waals surface area contributed by atoms with Gasteiger partial charge >= 0.3 is 0 Å². The number of ether oxygens (including phenoxy) is 1. The van der Waals surface area contributed by atoms with E-state index in [1.165, 1.54) is 0 Å². The Morgan fingerprint density at radius 2 is 2.00 bits per heavy atom. The van der Waals surface area contributed by atoms with Crippen molar-refractivity contribution in [3.05, 3.63) is 22.7 Å². The maximum absolute atomic E-state index is 5.80. The van der Waals surface area contributed by atoms with Crippen molar-refractivity contribution in [3.63, 3.8) is 0 Å². The van der Waals surface area contributed by atoms with Gasteiger partial charge in [-0.25, -0.2) is 0 Å². The Kier molecular flexibility index (Phi) is 4.26. The van der Waals surface area contributed by atoms with E-state index in [-0.39, 0.29) is 6.10 Å². The van der Waals surface area contributed by atoms with Crippen molar-refractivity contribution in [2.45, 2.75) is 32.8 Å². The first-order chi connectivity index (χ1) is 6.67. The van der Waals surface area contributed by atoms with Gasteiger partial charge in [0.25, 0.3) is 0 Å². The SMILES string of the molecule is CCC(CC)Oc1cc(N)ccc1Br. The lowest BCUT2D eigenvalue weighted by Crippen LogP contribution is -2.14. The van der Waals surface area contributed by atoms with E-state index in [4.69, 9.17) is 10.5 Å². The van der Waals surface area contributed by atoms with Gasteiger partial charge in [-0.3, -0.25) is 0 Å². The topological polar surface area (TPSA) is 35.2 Å². The number of hydrogen-bond donors (Lipinski definition) is 1. The average Bonchev–Trinajstić information content (AvgIpc) is 2.19. The minimum absolute atomic E-state index is 0.271. The number of hydrogen-bond acceptors (Lipinski definition) is 2. The molecule has 0 bridgehead atoms. The second-order valence-corrected chi connectivity index (χ2v) is 4.10. The van der Waals surface area contributed by atoms with Crippen LogP contribution in [0.3, 0.4) is 0 Å². The Morgan fingerprint density at radius 1 is 1.36 bits per heavy atom. The van der Waals surface area contributed by atoms with Gasteiger partial charge in [0.1, 0.15) is 5.75 Å². The van der Waals surface area contributed by atoms with Crippen LogP contribution >= 0.6 is 15.9 Å². The highest BCUT2D eigenvalue weighted by atomic mass is 79.9. The van der Waals surface area contributed by atoms with Crippen LogP contribution in [0.5, 0.6) is 5.75 Å². The largest absolute Gasteiger partial charge is 0.489 e. The van der Waals surface area contributed by atoms with Crippen molar-refractivity contribution in [3.8, 4) is 5.75 Å². The van der Waals surface area contributed by atoms with Crippen LogP contribution in [0.4, 0.5) is 5.69 Å². The van der Waals surface area contributed by atoms with Gasteiger partial charge in [-0.2, -0.15) is 0 Å². The molecule has 1 aromatic carbocycles. The van der Waals surface area contributed by atoms with E-state index < -0.39 is 0 Å². The Balaban J connectivity index is 2.79. The first-order valence-electron chi connectivity index (χ1n) is 4.89. The standard InChI is InChI=1S/C11H16BrNO/c1-3-9(4-2)14-11-7-8(13)5-6-10(11)12/h5-7,9H,3-4,13H2,1-2H3. The van der Waals surface area contributed by atoms with Crippen LogP contribution in [0, 0.1) is 0 Å². The molecular formula is C11H16BrNO. The second-order valence-electron chi connectivity index (χ2n) is 3.25. The highest BCUT2D eigenvalue weighted by Crippen LogP contribution is 2.28. The molecule has 1 rings (SSSR count). The molecule has 14 heavy (non-hydrogen) atoms. The Hall–Kier alpha value is -0.700. The number of nitrogen functional groups attached to an aromatic ring is 1. The zero-order chi connectivity index (χ0) is 10.6. The fraction of sp³-hybridized carbons (Fsp3) is 0.455. The summed E-state index contributed by atoms with van der Waals surface area (Å²) >= 11 is 3.44. The maximum atomic E-state index is 5.80. The number of halogens is 1. The lowest BCUT2D eigenvalue weighted by atomic mass is 10.2. The minimum Gasteiger partial charge on any atom is -0.489 e. The van der Waals surface area contributed by atoms with Crippen LogP contribution in [0.15, 0.2) is 22.7 Å². The lowest BCUT2D eigenvalue weighted by Gasteiger charge is -2.16. The molecule has 0 saturated heterocycles. The Bertz CT molecular complexity index is 297. The number of benzene rings is 1. The van der Waals surface area contributed by atoms with Gasteiger partial charge in [-0.05, 0) is 40.9 Å². The molecule has 0 aliphatic heterocycles. The molecule has 2 N–H and O–H groups in total. The smallest absolute Gasteiger partial charge is 0.135 e. The third kappa shape index (κ3) is 2.91. The van der Waals surface area contributed by atoms with Crippen molar-refractivity contribution in [1.82, 2.24) is 0 Å². The molecule has 0 saturated carbocycles. The Labute approximate surface area is 93.6 Å². The van der Waals surface area contributed by atoms with Crippen molar-refractivity contribution in [2.75, 3.05) is 5.73 Å². The predicted octanol–water partition coefficient (Wildman–Crippen LogP) is 3.60. The summed E-state index contributed by atoms with van der Waals surface area (Å²) in [5, 5.41) is 0. The zero-order valence-electron chi connectivity index (χ0n) is 8.59. The summed E-state index contributed by atoms with van der Waals surface area (Å²) in [6.07, 6.45) is 2.29. The molecule has 0 aliphatic rings. The molecule has 0 radical (unpaired) electrons. The van der Waals surface area contributed by atoms with Crippen LogP contribution in [-0.4, -0.2) is 6.10 Å². The fourth-order valence-corrected chi connectivity index (χ4v) is 1.59. The molecule has 0 aromatic heterocycles. The van der Waals surface area contributed by atoms with Gasteiger partial charge in [-0.1, -0.05) is 13.8 Å². The second kappa shape index (κ2) is 5.25. The first kappa shape index (κ1) is 11.4. The summed E-state index contributed by atoms with van der Waals surface area (Å²) in [5.41, 5.74) is 6.42. The average molecular weight is 258 g/mol. The summed E-state index contributed by atoms with van der Waals surface area (Å²) in [6.45, 7) is 4.24. The third-order valence-electron chi connectivity index (χ3n) is 2.16. The summed E-state index contributed by atoms with van der Waals surface area (Å²) < 4.78 is 6.75. The summed E-state index contributed by atoms with van der Waals surface area (Å²) in [5.74, 6) is 0.832. The van der Waals surface area contributed by atoms with Crippen LogP contribution in [0.25, 0.3) is 0 Å². The van der Waals surface area contributed by atoms with Crippen LogP contribution < -0.4 is 10.5 Å². The molecule has 0 spiro atoms. The molecule has 1 aromatic rings. The first-order valence-corrected chi connectivity index (χ1v) is 5.68. The summed E-state index contributed by atoms with van der Waals surface area (Å²) in [6, 6.07) is 5.61. The molecule has 2 nitrogen and oxygen atoms in total. The minimum atomic E-state index is 0.271. The normalized spacial score (nSPS) is 10.6. The van der Waals surface area contributed by atoms with Gasteiger partial charge < -0.3 is 10.5 Å². The quantitative estimate of drug-likeness (QED) is 0.837. The molecule has 0 amide bonds. The van der Waals surface area contributed by atoms with E-state index in [0.717, 1.165) is 28.8 Å². The highest BCUT2D eigenvalue weighted by Gasteiger charge is 2.08. The van der Waals surface area contributed by atoms with E-state index in [1.54, 1.807) is 0 Å². The zero-order valence-corrected chi connectivity index (χ0v) is 10.2. The van der Waals surface area contributed by atoms with Crippen LogP contribution in [0.1, 0.15) is 26.7 Å². The van der Waals surface area contributed by atoms with Gasteiger partial charge in [0.15, 0.2) is 0 Å². The summed E-state index contributed by atoms with van der Waals surface area (Å²) in [7, 11) is 0. The molecular weight excluding hydrogens is 242 g/mol. The van der Waals surface area contributed by atoms with Crippen molar-refractivity contribution < 1.29 is 4.74 Å². The van der Waals surface area contributed by atoms with Crippen molar-refractivity contribution in [2.24, 2.45) is 0 Å². The lowest BCUT2D eigenvalue weighted by molar-refractivity contribution is 0.191. The number of rotatable bonds is 4. The monoisotopic (exact) mass is 257 g/mol. The van der Waals surface area contributed by atoms with Crippen molar-refractivity contribution >= 4 is 21.6 Å². The van der Waals surface area contributed by atoms with Crippen LogP contribution in [0.2, 0.25) is 0 Å².